The van der Waals surface area contributed by atoms with Crippen LogP contribution >= 0.6 is 0 Å². The van der Waals surface area contributed by atoms with Crippen LogP contribution in [0.5, 0.6) is 0 Å². The second-order valence-electron chi connectivity index (χ2n) is 5.87. The van der Waals surface area contributed by atoms with Gasteiger partial charge in [-0.2, -0.15) is 0 Å². The lowest BCUT2D eigenvalue weighted by Gasteiger charge is -2.33. The van der Waals surface area contributed by atoms with E-state index in [-0.39, 0.29) is 29.5 Å². The van der Waals surface area contributed by atoms with E-state index in [9.17, 15) is 9.59 Å². The summed E-state index contributed by atoms with van der Waals surface area (Å²) in [6.07, 6.45) is 1.12. The number of carbonyl (C=O) groups excluding carboxylic acids is 1. The highest BCUT2D eigenvalue weighted by Crippen LogP contribution is 2.27. The summed E-state index contributed by atoms with van der Waals surface area (Å²) < 4.78 is 0. The van der Waals surface area contributed by atoms with E-state index in [2.05, 4.69) is 16.0 Å². The molecular formula is C15H20N4O3. The number of rotatable bonds is 4. The Bertz CT molecular complexity index is 575. The van der Waals surface area contributed by atoms with Crippen molar-refractivity contribution in [3.8, 4) is 0 Å². The van der Waals surface area contributed by atoms with Crippen LogP contribution in [-0.2, 0) is 11.2 Å². The van der Waals surface area contributed by atoms with Gasteiger partial charge in [-0.25, -0.2) is 4.79 Å². The Labute approximate surface area is 128 Å². The molecular weight excluding hydrogens is 284 g/mol. The highest BCUT2D eigenvalue weighted by Gasteiger charge is 2.44. The Morgan fingerprint density at radius 1 is 1.32 bits per heavy atom. The van der Waals surface area contributed by atoms with Crippen LogP contribution in [0.1, 0.15) is 22.3 Å². The molecule has 2 aliphatic rings. The fourth-order valence-corrected chi connectivity index (χ4v) is 3.26. The van der Waals surface area contributed by atoms with Crippen LogP contribution in [-0.4, -0.2) is 36.0 Å². The molecule has 2 heterocycles. The van der Waals surface area contributed by atoms with Gasteiger partial charge in [0.05, 0.1) is 17.6 Å². The van der Waals surface area contributed by atoms with Gasteiger partial charge < -0.3 is 15.7 Å². The molecule has 2 fully saturated rings. The van der Waals surface area contributed by atoms with Gasteiger partial charge in [-0.05, 0) is 36.5 Å². The lowest BCUT2D eigenvalue weighted by atomic mass is 9.87. The molecule has 0 spiro atoms. The monoisotopic (exact) mass is 304 g/mol. The quantitative estimate of drug-likeness (QED) is 0.509. The van der Waals surface area contributed by atoms with E-state index in [1.807, 2.05) is 12.1 Å². The standard InChI is InChI=1S/C15H20N4O3/c16-15-18-12-11(13(20)19-15)10(7-17-12)6-3-8-1-4-9(5-2-8)14(21)22/h1-2,4-5,10-12,15,17-18H,3,6-7,16H2,(H,19,20)(H,21,22). The number of aromatic carboxylic acids is 1. The zero-order valence-electron chi connectivity index (χ0n) is 12.1. The van der Waals surface area contributed by atoms with Crippen LogP contribution in [0.15, 0.2) is 24.3 Å². The van der Waals surface area contributed by atoms with Crippen molar-refractivity contribution in [1.82, 2.24) is 16.0 Å². The third kappa shape index (κ3) is 2.96. The van der Waals surface area contributed by atoms with Gasteiger partial charge in [0.1, 0.15) is 6.29 Å². The molecule has 7 heteroatoms. The molecule has 0 bridgehead atoms. The van der Waals surface area contributed by atoms with Gasteiger partial charge in [0, 0.05) is 6.54 Å². The number of nitrogens with one attached hydrogen (secondary N) is 3. The lowest BCUT2D eigenvalue weighted by molar-refractivity contribution is -0.130. The zero-order valence-corrected chi connectivity index (χ0v) is 12.1. The predicted octanol–water partition coefficient (Wildman–Crippen LogP) is -0.559. The van der Waals surface area contributed by atoms with Crippen molar-refractivity contribution in [3.05, 3.63) is 35.4 Å². The lowest BCUT2D eigenvalue weighted by Crippen LogP contribution is -2.66. The number of nitrogens with two attached hydrogens (primary N) is 1. The molecule has 118 valence electrons. The van der Waals surface area contributed by atoms with Crippen LogP contribution < -0.4 is 21.7 Å². The number of carboxylic acid groups (broad SMARTS) is 1. The van der Waals surface area contributed by atoms with Crippen molar-refractivity contribution in [2.24, 2.45) is 17.6 Å². The number of amides is 1. The van der Waals surface area contributed by atoms with E-state index in [0.717, 1.165) is 24.9 Å². The van der Waals surface area contributed by atoms with E-state index in [4.69, 9.17) is 10.8 Å². The number of benzene rings is 1. The van der Waals surface area contributed by atoms with Gasteiger partial charge in [0.2, 0.25) is 5.91 Å². The molecule has 1 aromatic carbocycles. The maximum atomic E-state index is 12.1. The Hall–Kier alpha value is -1.96. The molecule has 7 nitrogen and oxygen atoms in total. The average Bonchev–Trinajstić information content (AvgIpc) is 2.88. The minimum absolute atomic E-state index is 0.00697. The molecule has 3 rings (SSSR count). The fraction of sp³-hybridized carbons (Fsp3) is 0.467. The van der Waals surface area contributed by atoms with Crippen LogP contribution in [0, 0.1) is 11.8 Å². The highest BCUT2D eigenvalue weighted by atomic mass is 16.4. The molecule has 0 aliphatic carbocycles. The predicted molar refractivity (Wildman–Crippen MR) is 79.7 cm³/mol. The molecule has 22 heavy (non-hydrogen) atoms. The van der Waals surface area contributed by atoms with Crippen LogP contribution in [0.2, 0.25) is 0 Å². The molecule has 2 aliphatic heterocycles. The van der Waals surface area contributed by atoms with E-state index in [1.54, 1.807) is 12.1 Å². The van der Waals surface area contributed by atoms with Crippen molar-refractivity contribution in [1.29, 1.82) is 0 Å². The van der Waals surface area contributed by atoms with Crippen molar-refractivity contribution < 1.29 is 14.7 Å². The Morgan fingerprint density at radius 2 is 2.05 bits per heavy atom. The molecule has 6 N–H and O–H groups in total. The smallest absolute Gasteiger partial charge is 0.335 e. The second kappa shape index (κ2) is 6.04. The van der Waals surface area contributed by atoms with E-state index >= 15 is 0 Å². The Balaban J connectivity index is 1.60. The van der Waals surface area contributed by atoms with Crippen LogP contribution in [0.3, 0.4) is 0 Å². The summed E-state index contributed by atoms with van der Waals surface area (Å²) in [6.45, 7) is 0.773. The van der Waals surface area contributed by atoms with Gasteiger partial charge in [-0.3, -0.25) is 15.8 Å². The van der Waals surface area contributed by atoms with E-state index < -0.39 is 12.3 Å². The fourth-order valence-electron chi connectivity index (χ4n) is 3.26. The van der Waals surface area contributed by atoms with E-state index in [1.165, 1.54) is 0 Å². The molecule has 1 amide bonds. The molecule has 0 radical (unpaired) electrons. The first kappa shape index (κ1) is 15.0. The van der Waals surface area contributed by atoms with Gasteiger partial charge in [-0.15, -0.1) is 0 Å². The maximum absolute atomic E-state index is 12.1. The summed E-state index contributed by atoms with van der Waals surface area (Å²) in [6, 6.07) is 6.89. The Kier molecular flexibility index (Phi) is 4.10. The maximum Gasteiger partial charge on any atom is 0.335 e. The molecule has 2 saturated heterocycles. The van der Waals surface area contributed by atoms with Crippen LogP contribution in [0.4, 0.5) is 0 Å². The normalized spacial score (nSPS) is 30.7. The van der Waals surface area contributed by atoms with Crippen molar-refractivity contribution >= 4 is 11.9 Å². The molecule has 1 aromatic rings. The number of hydrogen-bond acceptors (Lipinski definition) is 5. The number of carboxylic acids is 1. The highest BCUT2D eigenvalue weighted by molar-refractivity contribution is 5.87. The third-order valence-electron chi connectivity index (χ3n) is 4.43. The first-order valence-corrected chi connectivity index (χ1v) is 7.42. The summed E-state index contributed by atoms with van der Waals surface area (Å²) in [5, 5.41) is 18.0. The number of aryl methyl sites for hydroxylation is 1. The topological polar surface area (TPSA) is 116 Å². The number of fused-ring (bicyclic) bond motifs is 1. The minimum Gasteiger partial charge on any atom is -0.478 e. The summed E-state index contributed by atoms with van der Waals surface area (Å²) in [5.41, 5.74) is 7.07. The van der Waals surface area contributed by atoms with Gasteiger partial charge in [-0.1, -0.05) is 12.1 Å². The van der Waals surface area contributed by atoms with Gasteiger partial charge in [0.15, 0.2) is 0 Å². The van der Waals surface area contributed by atoms with Crippen LogP contribution in [0.25, 0.3) is 0 Å². The largest absolute Gasteiger partial charge is 0.478 e. The number of carbonyl (C=O) groups is 2. The Morgan fingerprint density at radius 3 is 2.73 bits per heavy atom. The zero-order chi connectivity index (χ0) is 15.7. The molecule has 4 atom stereocenters. The minimum atomic E-state index is -0.921. The third-order valence-corrected chi connectivity index (χ3v) is 4.43. The van der Waals surface area contributed by atoms with Gasteiger partial charge in [0.25, 0.3) is 0 Å². The van der Waals surface area contributed by atoms with Crippen molar-refractivity contribution in [2.45, 2.75) is 25.3 Å². The second-order valence-corrected chi connectivity index (χ2v) is 5.87. The number of hydrogen-bond donors (Lipinski definition) is 5. The summed E-state index contributed by atoms with van der Waals surface area (Å²) in [7, 11) is 0. The summed E-state index contributed by atoms with van der Waals surface area (Å²) in [4.78, 5) is 22.9. The van der Waals surface area contributed by atoms with Crippen molar-refractivity contribution in [2.75, 3.05) is 6.54 Å². The van der Waals surface area contributed by atoms with Crippen molar-refractivity contribution in [3.63, 3.8) is 0 Å². The first-order valence-electron chi connectivity index (χ1n) is 7.42. The molecule has 0 aromatic heterocycles. The first-order chi connectivity index (χ1) is 10.5. The molecule has 0 saturated carbocycles. The summed E-state index contributed by atoms with van der Waals surface area (Å²) >= 11 is 0. The van der Waals surface area contributed by atoms with E-state index in [0.29, 0.717) is 0 Å². The SMILES string of the molecule is NC1NC(=O)C2C(CCc3ccc(C(=O)O)cc3)CNC2N1. The summed E-state index contributed by atoms with van der Waals surface area (Å²) in [5.74, 6) is -0.801. The average molecular weight is 304 g/mol. The molecule has 4 unspecified atom stereocenters. The van der Waals surface area contributed by atoms with Gasteiger partial charge >= 0.3 is 5.97 Å².